The van der Waals surface area contributed by atoms with Gasteiger partial charge in [-0.15, -0.1) is 0 Å². The highest BCUT2D eigenvalue weighted by atomic mass is 14.3. The first-order valence-corrected chi connectivity index (χ1v) is 5.39. The Hall–Kier alpha value is -1.55. The van der Waals surface area contributed by atoms with Crippen molar-refractivity contribution in [2.75, 3.05) is 0 Å². The molecule has 0 aromatic heterocycles. The summed E-state index contributed by atoms with van der Waals surface area (Å²) in [6.45, 7) is 6.49. The summed E-state index contributed by atoms with van der Waals surface area (Å²) < 4.78 is 0. The molecule has 1 atom stereocenters. The maximum atomic E-state index is 9.04. The number of nitriles is 1. The first-order chi connectivity index (χ1) is 7.13. The summed E-state index contributed by atoms with van der Waals surface area (Å²) in [5.41, 5.74) is 4.57. The van der Waals surface area contributed by atoms with E-state index in [2.05, 4.69) is 51.1 Å². The van der Waals surface area contributed by atoms with Crippen molar-refractivity contribution in [2.45, 2.75) is 32.6 Å². The third-order valence-corrected chi connectivity index (χ3v) is 3.06. The van der Waals surface area contributed by atoms with E-state index in [4.69, 9.17) is 5.26 Å². The molecule has 0 fully saturated rings. The van der Waals surface area contributed by atoms with Crippen LogP contribution in [0.15, 0.2) is 24.3 Å². The fraction of sp³-hybridized carbons (Fsp3) is 0.357. The monoisotopic (exact) mass is 197 g/mol. The van der Waals surface area contributed by atoms with Crippen molar-refractivity contribution in [2.24, 2.45) is 0 Å². The second-order valence-corrected chi connectivity index (χ2v) is 4.48. The molecule has 1 aliphatic rings. The van der Waals surface area contributed by atoms with Gasteiger partial charge in [0.25, 0.3) is 0 Å². The number of benzene rings is 1. The van der Waals surface area contributed by atoms with E-state index in [0.717, 1.165) is 11.1 Å². The predicted octanol–water partition coefficient (Wildman–Crippen LogP) is 3.83. The van der Waals surface area contributed by atoms with E-state index in [9.17, 15) is 0 Å². The van der Waals surface area contributed by atoms with Gasteiger partial charge in [0.15, 0.2) is 0 Å². The normalized spacial score (nSPS) is 18.6. The minimum Gasteiger partial charge on any atom is -0.192 e. The molecule has 2 rings (SSSR count). The first kappa shape index (κ1) is 9.98. The SMILES string of the molecule is CC(C)c1ccc2c(c1)C(C#N)=CC2C. The molecule has 1 nitrogen and oxygen atoms in total. The Kier molecular flexibility index (Phi) is 2.36. The number of hydrogen-bond donors (Lipinski definition) is 0. The first-order valence-electron chi connectivity index (χ1n) is 5.39. The standard InChI is InChI=1S/C14H15N/c1-9(2)11-4-5-13-10(3)6-12(8-15)14(13)7-11/h4-7,9-10H,1-3H3. The summed E-state index contributed by atoms with van der Waals surface area (Å²) in [4.78, 5) is 0. The lowest BCUT2D eigenvalue weighted by Gasteiger charge is -2.10. The van der Waals surface area contributed by atoms with E-state index in [0.29, 0.717) is 11.8 Å². The van der Waals surface area contributed by atoms with Crippen molar-refractivity contribution in [3.63, 3.8) is 0 Å². The van der Waals surface area contributed by atoms with Crippen molar-refractivity contribution >= 4 is 5.57 Å². The highest BCUT2D eigenvalue weighted by Crippen LogP contribution is 2.36. The van der Waals surface area contributed by atoms with Crippen LogP contribution in [0.4, 0.5) is 0 Å². The van der Waals surface area contributed by atoms with Crippen LogP contribution in [0.25, 0.3) is 5.57 Å². The van der Waals surface area contributed by atoms with Gasteiger partial charge in [-0.1, -0.05) is 39.0 Å². The van der Waals surface area contributed by atoms with Crippen molar-refractivity contribution in [3.8, 4) is 6.07 Å². The molecule has 15 heavy (non-hydrogen) atoms. The van der Waals surface area contributed by atoms with Crippen molar-refractivity contribution in [1.82, 2.24) is 0 Å². The van der Waals surface area contributed by atoms with Gasteiger partial charge < -0.3 is 0 Å². The minimum atomic E-state index is 0.385. The third-order valence-electron chi connectivity index (χ3n) is 3.06. The zero-order valence-corrected chi connectivity index (χ0v) is 9.41. The maximum absolute atomic E-state index is 9.04. The topological polar surface area (TPSA) is 23.8 Å². The fourth-order valence-corrected chi connectivity index (χ4v) is 2.09. The van der Waals surface area contributed by atoms with Crippen LogP contribution < -0.4 is 0 Å². The van der Waals surface area contributed by atoms with Crippen LogP contribution in [0.2, 0.25) is 0 Å². The highest BCUT2D eigenvalue weighted by Gasteiger charge is 2.20. The van der Waals surface area contributed by atoms with Crippen molar-refractivity contribution < 1.29 is 0 Å². The van der Waals surface area contributed by atoms with Crippen LogP contribution in [-0.4, -0.2) is 0 Å². The number of rotatable bonds is 1. The van der Waals surface area contributed by atoms with E-state index in [1.165, 1.54) is 11.1 Å². The Morgan fingerprint density at radius 3 is 2.67 bits per heavy atom. The van der Waals surface area contributed by atoms with Crippen LogP contribution in [0, 0.1) is 11.3 Å². The average Bonchev–Trinajstić information content (AvgIpc) is 2.55. The lowest BCUT2D eigenvalue weighted by atomic mass is 9.95. The molecule has 0 saturated heterocycles. The Bertz CT molecular complexity index is 461. The zero-order valence-electron chi connectivity index (χ0n) is 9.41. The summed E-state index contributed by atoms with van der Waals surface area (Å²) in [7, 11) is 0. The van der Waals surface area contributed by atoms with Gasteiger partial charge in [0.1, 0.15) is 0 Å². The number of hydrogen-bond acceptors (Lipinski definition) is 1. The lowest BCUT2D eigenvalue weighted by molar-refractivity contribution is 0.863. The van der Waals surface area contributed by atoms with Crippen LogP contribution >= 0.6 is 0 Å². The second-order valence-electron chi connectivity index (χ2n) is 4.48. The summed E-state index contributed by atoms with van der Waals surface area (Å²) in [6.07, 6.45) is 2.05. The predicted molar refractivity (Wildman–Crippen MR) is 62.5 cm³/mol. The van der Waals surface area contributed by atoms with E-state index in [1.807, 2.05) is 0 Å². The van der Waals surface area contributed by atoms with E-state index >= 15 is 0 Å². The number of allylic oxidation sites excluding steroid dienone is 2. The summed E-state index contributed by atoms with van der Waals surface area (Å²) >= 11 is 0. The van der Waals surface area contributed by atoms with Crippen molar-refractivity contribution in [3.05, 3.63) is 41.0 Å². The minimum absolute atomic E-state index is 0.385. The second kappa shape index (κ2) is 3.55. The van der Waals surface area contributed by atoms with Crippen LogP contribution in [0.5, 0.6) is 0 Å². The smallest absolute Gasteiger partial charge is 0.0994 e. The van der Waals surface area contributed by atoms with Gasteiger partial charge in [-0.2, -0.15) is 5.26 Å². The van der Waals surface area contributed by atoms with Gasteiger partial charge >= 0.3 is 0 Å². The molecule has 0 bridgehead atoms. The molecule has 0 saturated carbocycles. The number of fused-ring (bicyclic) bond motifs is 1. The molecule has 0 heterocycles. The molecule has 0 aliphatic heterocycles. The molecule has 1 aliphatic carbocycles. The molecule has 1 aromatic carbocycles. The molecule has 1 aromatic rings. The third kappa shape index (κ3) is 1.57. The van der Waals surface area contributed by atoms with Gasteiger partial charge in [-0.25, -0.2) is 0 Å². The lowest BCUT2D eigenvalue weighted by Crippen LogP contribution is -1.93. The van der Waals surface area contributed by atoms with Crippen LogP contribution in [0.3, 0.4) is 0 Å². The zero-order chi connectivity index (χ0) is 11.0. The Balaban J connectivity index is 2.54. The quantitative estimate of drug-likeness (QED) is 0.671. The Morgan fingerprint density at radius 1 is 1.33 bits per heavy atom. The van der Waals surface area contributed by atoms with Gasteiger partial charge in [-0.3, -0.25) is 0 Å². The van der Waals surface area contributed by atoms with E-state index in [1.54, 1.807) is 0 Å². The Morgan fingerprint density at radius 2 is 2.07 bits per heavy atom. The molecule has 0 spiro atoms. The molecule has 0 N–H and O–H groups in total. The van der Waals surface area contributed by atoms with Crippen LogP contribution in [0.1, 0.15) is 49.3 Å². The van der Waals surface area contributed by atoms with Gasteiger partial charge in [0.2, 0.25) is 0 Å². The molecule has 0 radical (unpaired) electrons. The van der Waals surface area contributed by atoms with Crippen molar-refractivity contribution in [1.29, 1.82) is 5.26 Å². The van der Waals surface area contributed by atoms with Gasteiger partial charge in [0, 0.05) is 5.92 Å². The largest absolute Gasteiger partial charge is 0.192 e. The molecule has 1 unspecified atom stereocenters. The van der Waals surface area contributed by atoms with E-state index < -0.39 is 0 Å². The molecular formula is C14H15N. The van der Waals surface area contributed by atoms with E-state index in [-0.39, 0.29) is 0 Å². The molecule has 1 heteroatoms. The summed E-state index contributed by atoms with van der Waals surface area (Å²) in [6, 6.07) is 8.78. The molecular weight excluding hydrogens is 182 g/mol. The van der Waals surface area contributed by atoms with Gasteiger partial charge in [0.05, 0.1) is 11.6 Å². The summed E-state index contributed by atoms with van der Waals surface area (Å²) in [5.74, 6) is 0.905. The molecule has 76 valence electrons. The number of nitrogens with zero attached hydrogens (tertiary/aromatic N) is 1. The van der Waals surface area contributed by atoms with Crippen LogP contribution in [-0.2, 0) is 0 Å². The fourth-order valence-electron chi connectivity index (χ4n) is 2.09. The highest BCUT2D eigenvalue weighted by molar-refractivity contribution is 5.83. The Labute approximate surface area is 91.0 Å². The summed E-state index contributed by atoms with van der Waals surface area (Å²) in [5, 5.41) is 9.04. The van der Waals surface area contributed by atoms with Gasteiger partial charge in [-0.05, 0) is 28.7 Å². The average molecular weight is 197 g/mol. The maximum Gasteiger partial charge on any atom is 0.0994 e. The molecule has 0 amide bonds.